The summed E-state index contributed by atoms with van der Waals surface area (Å²) in [5.41, 5.74) is 0.995. The summed E-state index contributed by atoms with van der Waals surface area (Å²) in [5, 5.41) is 0. The van der Waals surface area contributed by atoms with Crippen LogP contribution in [0.15, 0.2) is 24.3 Å². The summed E-state index contributed by atoms with van der Waals surface area (Å²) in [5.74, 6) is -0.317. The number of carbonyl (C=O) groups excluding carboxylic acids is 2. The minimum Gasteiger partial charge on any atom is -0.369 e. The lowest BCUT2D eigenvalue weighted by Crippen LogP contribution is -2.52. The average molecular weight is 333 g/mol. The Kier molecular flexibility index (Phi) is 5.14. The number of likely N-dealkylation sites (tertiary alicyclic amines) is 1. The standard InChI is InChI=1S/C18H24FN3O2/c1-2-3-8-22-17(23)13-16(18(22)24)21-11-9-20(10-12-21)15-6-4-14(19)5-7-15/h4-7,16H,2-3,8-13H2,1H3/t16-/m1/s1. The zero-order valence-electron chi connectivity index (χ0n) is 14.1. The lowest BCUT2D eigenvalue weighted by molar-refractivity contribution is -0.139. The second kappa shape index (κ2) is 7.30. The molecule has 2 fully saturated rings. The van der Waals surface area contributed by atoms with Crippen LogP contribution in [0.1, 0.15) is 26.2 Å². The second-order valence-corrected chi connectivity index (χ2v) is 6.46. The van der Waals surface area contributed by atoms with Gasteiger partial charge in [0.25, 0.3) is 0 Å². The number of hydrogen-bond donors (Lipinski definition) is 0. The topological polar surface area (TPSA) is 43.9 Å². The molecule has 2 aliphatic rings. The van der Waals surface area contributed by atoms with E-state index >= 15 is 0 Å². The van der Waals surface area contributed by atoms with Gasteiger partial charge in [0.2, 0.25) is 11.8 Å². The second-order valence-electron chi connectivity index (χ2n) is 6.46. The number of halogens is 1. The largest absolute Gasteiger partial charge is 0.369 e. The lowest BCUT2D eigenvalue weighted by Gasteiger charge is -2.38. The molecule has 0 aromatic heterocycles. The van der Waals surface area contributed by atoms with Crippen LogP contribution in [0.5, 0.6) is 0 Å². The van der Waals surface area contributed by atoms with Crippen LogP contribution in [0.2, 0.25) is 0 Å². The molecule has 24 heavy (non-hydrogen) atoms. The van der Waals surface area contributed by atoms with Crippen molar-refractivity contribution >= 4 is 17.5 Å². The van der Waals surface area contributed by atoms with Gasteiger partial charge in [0.15, 0.2) is 0 Å². The summed E-state index contributed by atoms with van der Waals surface area (Å²) in [6.07, 6.45) is 2.14. The number of carbonyl (C=O) groups is 2. The van der Waals surface area contributed by atoms with Crippen molar-refractivity contribution in [2.24, 2.45) is 0 Å². The first-order valence-electron chi connectivity index (χ1n) is 8.69. The van der Waals surface area contributed by atoms with Crippen LogP contribution in [0.4, 0.5) is 10.1 Å². The van der Waals surface area contributed by atoms with Crippen molar-refractivity contribution in [3.8, 4) is 0 Å². The number of hydrogen-bond acceptors (Lipinski definition) is 4. The van der Waals surface area contributed by atoms with Gasteiger partial charge >= 0.3 is 0 Å². The molecule has 0 N–H and O–H groups in total. The molecule has 0 spiro atoms. The molecule has 5 nitrogen and oxygen atoms in total. The highest BCUT2D eigenvalue weighted by Crippen LogP contribution is 2.23. The summed E-state index contributed by atoms with van der Waals surface area (Å²) in [4.78, 5) is 30.3. The Morgan fingerprint density at radius 3 is 2.38 bits per heavy atom. The molecule has 2 aliphatic heterocycles. The van der Waals surface area contributed by atoms with Gasteiger partial charge in [-0.05, 0) is 30.7 Å². The highest BCUT2D eigenvalue weighted by Gasteiger charge is 2.42. The van der Waals surface area contributed by atoms with E-state index in [4.69, 9.17) is 0 Å². The molecule has 2 heterocycles. The van der Waals surface area contributed by atoms with Gasteiger partial charge in [-0.3, -0.25) is 19.4 Å². The van der Waals surface area contributed by atoms with Crippen LogP contribution in [0.25, 0.3) is 0 Å². The molecule has 6 heteroatoms. The maximum absolute atomic E-state index is 13.0. The van der Waals surface area contributed by atoms with Gasteiger partial charge in [-0.1, -0.05) is 13.3 Å². The zero-order chi connectivity index (χ0) is 17.1. The van der Waals surface area contributed by atoms with E-state index in [1.54, 1.807) is 12.1 Å². The first-order chi connectivity index (χ1) is 11.6. The predicted octanol–water partition coefficient (Wildman–Crippen LogP) is 1.88. The number of rotatable bonds is 5. The quantitative estimate of drug-likeness (QED) is 0.772. The molecule has 0 unspecified atom stereocenters. The maximum atomic E-state index is 13.0. The molecule has 0 radical (unpaired) electrons. The number of anilines is 1. The third-order valence-corrected chi connectivity index (χ3v) is 4.90. The van der Waals surface area contributed by atoms with Gasteiger partial charge < -0.3 is 4.90 Å². The lowest BCUT2D eigenvalue weighted by atomic mass is 10.1. The fourth-order valence-electron chi connectivity index (χ4n) is 3.45. The Bertz CT molecular complexity index is 597. The summed E-state index contributed by atoms with van der Waals surface area (Å²) in [6.45, 7) is 5.62. The van der Waals surface area contributed by atoms with Gasteiger partial charge in [0.1, 0.15) is 5.82 Å². The van der Waals surface area contributed by atoms with Gasteiger partial charge in [0, 0.05) is 38.4 Å². The molecular formula is C18H24FN3O2. The van der Waals surface area contributed by atoms with Crippen LogP contribution in [-0.2, 0) is 9.59 Å². The van der Waals surface area contributed by atoms with Crippen molar-refractivity contribution in [2.75, 3.05) is 37.6 Å². The summed E-state index contributed by atoms with van der Waals surface area (Å²) < 4.78 is 13.0. The van der Waals surface area contributed by atoms with E-state index in [0.29, 0.717) is 13.0 Å². The highest BCUT2D eigenvalue weighted by atomic mass is 19.1. The molecule has 3 rings (SSSR count). The Balaban J connectivity index is 1.57. The molecule has 1 aromatic rings. The first-order valence-corrected chi connectivity index (χ1v) is 8.69. The Morgan fingerprint density at radius 2 is 1.75 bits per heavy atom. The third-order valence-electron chi connectivity index (χ3n) is 4.90. The number of unbranched alkanes of at least 4 members (excludes halogenated alkanes) is 1. The van der Waals surface area contributed by atoms with E-state index in [0.717, 1.165) is 44.7 Å². The van der Waals surface area contributed by atoms with Crippen molar-refractivity contribution < 1.29 is 14.0 Å². The monoisotopic (exact) mass is 333 g/mol. The first kappa shape index (κ1) is 16.9. The van der Waals surface area contributed by atoms with Crippen molar-refractivity contribution in [3.05, 3.63) is 30.1 Å². The van der Waals surface area contributed by atoms with Crippen LogP contribution in [0.3, 0.4) is 0 Å². The Morgan fingerprint density at radius 1 is 1.08 bits per heavy atom. The number of nitrogens with zero attached hydrogens (tertiary/aromatic N) is 3. The van der Waals surface area contributed by atoms with Crippen molar-refractivity contribution in [2.45, 2.75) is 32.2 Å². The molecule has 0 bridgehead atoms. The summed E-state index contributed by atoms with van der Waals surface area (Å²) in [6, 6.07) is 6.19. The zero-order valence-corrected chi connectivity index (χ0v) is 14.1. The molecule has 2 amide bonds. The van der Waals surface area contributed by atoms with Gasteiger partial charge in [-0.15, -0.1) is 0 Å². The molecule has 130 valence electrons. The van der Waals surface area contributed by atoms with Gasteiger partial charge in [0.05, 0.1) is 12.5 Å². The Hall–Kier alpha value is -1.95. The molecule has 2 saturated heterocycles. The van der Waals surface area contributed by atoms with E-state index < -0.39 is 0 Å². The van der Waals surface area contributed by atoms with Crippen molar-refractivity contribution in [1.82, 2.24) is 9.80 Å². The number of amides is 2. The van der Waals surface area contributed by atoms with Crippen molar-refractivity contribution in [1.29, 1.82) is 0 Å². The normalized spacial score (nSPS) is 22.5. The van der Waals surface area contributed by atoms with Gasteiger partial charge in [-0.25, -0.2) is 4.39 Å². The van der Waals surface area contributed by atoms with E-state index in [2.05, 4.69) is 16.7 Å². The van der Waals surface area contributed by atoms with Crippen LogP contribution in [0, 0.1) is 5.82 Å². The molecular weight excluding hydrogens is 309 g/mol. The minimum absolute atomic E-state index is 0.0383. The number of benzene rings is 1. The van der Waals surface area contributed by atoms with E-state index in [-0.39, 0.29) is 23.7 Å². The van der Waals surface area contributed by atoms with E-state index in [9.17, 15) is 14.0 Å². The average Bonchev–Trinajstić information content (AvgIpc) is 2.88. The predicted molar refractivity (Wildman–Crippen MR) is 90.2 cm³/mol. The van der Waals surface area contributed by atoms with E-state index in [1.165, 1.54) is 17.0 Å². The SMILES string of the molecule is CCCCN1C(=O)C[C@@H](N2CCN(c3ccc(F)cc3)CC2)C1=O. The number of imide groups is 1. The highest BCUT2D eigenvalue weighted by molar-refractivity contribution is 6.05. The van der Waals surface area contributed by atoms with Crippen molar-refractivity contribution in [3.63, 3.8) is 0 Å². The molecule has 0 saturated carbocycles. The molecule has 1 aromatic carbocycles. The van der Waals surface area contributed by atoms with Crippen LogP contribution < -0.4 is 4.90 Å². The summed E-state index contributed by atoms with van der Waals surface area (Å²) >= 11 is 0. The fraction of sp³-hybridized carbons (Fsp3) is 0.556. The smallest absolute Gasteiger partial charge is 0.247 e. The minimum atomic E-state index is -0.301. The summed E-state index contributed by atoms with van der Waals surface area (Å²) in [7, 11) is 0. The van der Waals surface area contributed by atoms with Crippen LogP contribution >= 0.6 is 0 Å². The Labute approximate surface area is 142 Å². The molecule has 0 aliphatic carbocycles. The number of piperazine rings is 1. The van der Waals surface area contributed by atoms with E-state index in [1.807, 2.05) is 0 Å². The third kappa shape index (κ3) is 3.43. The van der Waals surface area contributed by atoms with Gasteiger partial charge in [-0.2, -0.15) is 0 Å². The van der Waals surface area contributed by atoms with Crippen LogP contribution in [-0.4, -0.2) is 60.4 Å². The maximum Gasteiger partial charge on any atom is 0.247 e. The molecule has 1 atom stereocenters. The fourth-order valence-corrected chi connectivity index (χ4v) is 3.45.